The van der Waals surface area contributed by atoms with Crippen molar-refractivity contribution in [3.05, 3.63) is 35.9 Å². The monoisotopic (exact) mass is 344 g/mol. The third-order valence-corrected chi connectivity index (χ3v) is 4.25. The molecule has 0 spiro atoms. The van der Waals surface area contributed by atoms with Crippen molar-refractivity contribution >= 4 is 22.8 Å². The molecule has 6 nitrogen and oxygen atoms in total. The maximum absolute atomic E-state index is 12.2. The highest BCUT2D eigenvalue weighted by molar-refractivity contribution is 5.84. The fourth-order valence-electron chi connectivity index (χ4n) is 2.71. The Labute approximate surface area is 149 Å². The number of hydrogen-bond acceptors (Lipinski definition) is 4. The van der Waals surface area contributed by atoms with Crippen LogP contribution in [0.15, 0.2) is 30.3 Å². The molecule has 1 unspecified atom stereocenters. The molecule has 2 amide bonds. The van der Waals surface area contributed by atoms with E-state index in [1.54, 1.807) is 0 Å². The van der Waals surface area contributed by atoms with Crippen LogP contribution in [0, 0.1) is 5.92 Å². The number of aliphatic hydroxyl groups excluding tert-OH is 1. The van der Waals surface area contributed by atoms with Crippen LogP contribution in [-0.2, 0) is 6.54 Å². The molecule has 0 fully saturated rings. The summed E-state index contributed by atoms with van der Waals surface area (Å²) in [5.74, 6) is 1.12. The summed E-state index contributed by atoms with van der Waals surface area (Å²) in [7, 11) is 3.90. The maximum Gasteiger partial charge on any atom is 0.315 e. The van der Waals surface area contributed by atoms with Crippen molar-refractivity contribution in [1.82, 2.24) is 15.6 Å². The first-order chi connectivity index (χ1) is 11.9. The molecule has 0 bridgehead atoms. The molecule has 2 rings (SSSR count). The lowest BCUT2D eigenvalue weighted by molar-refractivity contribution is 0.218. The van der Waals surface area contributed by atoms with Crippen molar-refractivity contribution in [1.29, 1.82) is 0 Å². The molecule has 0 aliphatic rings. The van der Waals surface area contributed by atoms with Gasteiger partial charge in [0.05, 0.1) is 5.52 Å². The zero-order valence-corrected chi connectivity index (χ0v) is 15.4. The lowest BCUT2D eigenvalue weighted by Crippen LogP contribution is -2.44. The van der Waals surface area contributed by atoms with E-state index in [1.165, 1.54) is 0 Å². The molecular weight excluding hydrogens is 316 g/mol. The largest absolute Gasteiger partial charge is 0.396 e. The molecule has 136 valence electrons. The number of carbonyl (C=O) groups excluding carboxylic acids is 1. The average Bonchev–Trinajstić information content (AvgIpc) is 2.58. The van der Waals surface area contributed by atoms with Crippen molar-refractivity contribution in [2.75, 3.05) is 25.6 Å². The molecule has 25 heavy (non-hydrogen) atoms. The van der Waals surface area contributed by atoms with E-state index in [2.05, 4.69) is 15.6 Å². The number of urea groups is 1. The van der Waals surface area contributed by atoms with Crippen LogP contribution in [0.5, 0.6) is 0 Å². The number of anilines is 1. The summed E-state index contributed by atoms with van der Waals surface area (Å²) in [6, 6.07) is 9.65. The van der Waals surface area contributed by atoms with E-state index in [0.717, 1.165) is 22.3 Å². The molecule has 0 aliphatic heterocycles. The number of nitrogens with zero attached hydrogens (tertiary/aromatic N) is 2. The predicted molar refractivity (Wildman–Crippen MR) is 102 cm³/mol. The molecule has 1 aromatic heterocycles. The standard InChI is InChI=1S/C19H28N4O2/c1-13(2)16(9-10-24)22-19(25)20-12-14-11-18(23(3)4)21-17-8-6-5-7-15(14)17/h5-8,11,13,16,24H,9-10,12H2,1-4H3,(H2,20,22,25). The fraction of sp³-hybridized carbons (Fsp3) is 0.474. The second kappa shape index (κ2) is 8.67. The molecule has 1 heterocycles. The van der Waals surface area contributed by atoms with Crippen molar-refractivity contribution < 1.29 is 9.90 Å². The number of rotatable bonds is 7. The number of aliphatic hydroxyl groups is 1. The minimum atomic E-state index is -0.223. The van der Waals surface area contributed by atoms with Gasteiger partial charge in [0.15, 0.2) is 0 Å². The van der Waals surface area contributed by atoms with E-state index in [4.69, 9.17) is 5.11 Å². The van der Waals surface area contributed by atoms with Crippen LogP contribution in [-0.4, -0.2) is 42.9 Å². The zero-order valence-electron chi connectivity index (χ0n) is 15.4. The van der Waals surface area contributed by atoms with Crippen LogP contribution >= 0.6 is 0 Å². The summed E-state index contributed by atoms with van der Waals surface area (Å²) in [6.07, 6.45) is 0.550. The first-order valence-corrected chi connectivity index (χ1v) is 8.63. The number of pyridine rings is 1. The van der Waals surface area contributed by atoms with Gasteiger partial charge in [-0.25, -0.2) is 9.78 Å². The Balaban J connectivity index is 2.13. The van der Waals surface area contributed by atoms with Crippen molar-refractivity contribution in [2.45, 2.75) is 32.9 Å². The molecule has 6 heteroatoms. The first kappa shape index (κ1) is 19.0. The number of benzene rings is 1. The highest BCUT2D eigenvalue weighted by Gasteiger charge is 2.16. The highest BCUT2D eigenvalue weighted by atomic mass is 16.3. The second-order valence-electron chi connectivity index (χ2n) is 6.74. The van der Waals surface area contributed by atoms with Gasteiger partial charge >= 0.3 is 6.03 Å². The predicted octanol–water partition coefficient (Wildman–Crippen LogP) is 2.51. The second-order valence-corrected chi connectivity index (χ2v) is 6.74. The van der Waals surface area contributed by atoms with E-state index in [0.29, 0.717) is 13.0 Å². The smallest absolute Gasteiger partial charge is 0.315 e. The summed E-state index contributed by atoms with van der Waals surface area (Å²) < 4.78 is 0. The summed E-state index contributed by atoms with van der Waals surface area (Å²) in [5, 5.41) is 16.0. The minimum absolute atomic E-state index is 0.0449. The Morgan fingerprint density at radius 3 is 2.64 bits per heavy atom. The van der Waals surface area contributed by atoms with E-state index in [-0.39, 0.29) is 24.6 Å². The molecule has 0 saturated heterocycles. The van der Waals surface area contributed by atoms with Gasteiger partial charge in [0.1, 0.15) is 5.82 Å². The van der Waals surface area contributed by atoms with Crippen LogP contribution in [0.2, 0.25) is 0 Å². The van der Waals surface area contributed by atoms with Crippen LogP contribution in [0.25, 0.3) is 10.9 Å². The topological polar surface area (TPSA) is 77.5 Å². The normalized spacial score (nSPS) is 12.2. The third kappa shape index (κ3) is 5.06. The summed E-state index contributed by atoms with van der Waals surface area (Å²) in [5.41, 5.74) is 1.93. The van der Waals surface area contributed by atoms with Crippen molar-refractivity contribution in [2.24, 2.45) is 5.92 Å². The van der Waals surface area contributed by atoms with Gasteiger partial charge in [-0.3, -0.25) is 0 Å². The van der Waals surface area contributed by atoms with Crippen LogP contribution in [0.4, 0.5) is 10.6 Å². The average molecular weight is 344 g/mol. The van der Waals surface area contributed by atoms with Gasteiger partial charge < -0.3 is 20.6 Å². The van der Waals surface area contributed by atoms with Gasteiger partial charge in [0.25, 0.3) is 0 Å². The van der Waals surface area contributed by atoms with Gasteiger partial charge in [-0.05, 0) is 30.0 Å². The number of carbonyl (C=O) groups is 1. The van der Waals surface area contributed by atoms with Crippen molar-refractivity contribution in [3.63, 3.8) is 0 Å². The van der Waals surface area contributed by atoms with Gasteiger partial charge in [-0.1, -0.05) is 32.0 Å². The van der Waals surface area contributed by atoms with Gasteiger partial charge in [0.2, 0.25) is 0 Å². The third-order valence-electron chi connectivity index (χ3n) is 4.25. The summed E-state index contributed by atoms with van der Waals surface area (Å²) >= 11 is 0. The fourth-order valence-corrected chi connectivity index (χ4v) is 2.71. The molecule has 2 aromatic rings. The van der Waals surface area contributed by atoms with Crippen LogP contribution < -0.4 is 15.5 Å². The number of hydrogen-bond donors (Lipinski definition) is 3. The van der Waals surface area contributed by atoms with Crippen LogP contribution in [0.1, 0.15) is 25.8 Å². The number of nitrogens with one attached hydrogen (secondary N) is 2. The lowest BCUT2D eigenvalue weighted by Gasteiger charge is -2.22. The molecule has 0 radical (unpaired) electrons. The van der Waals surface area contributed by atoms with Crippen LogP contribution in [0.3, 0.4) is 0 Å². The maximum atomic E-state index is 12.2. The minimum Gasteiger partial charge on any atom is -0.396 e. The zero-order chi connectivity index (χ0) is 18.4. The number of amides is 2. The molecule has 0 aliphatic carbocycles. The molecular formula is C19H28N4O2. The lowest BCUT2D eigenvalue weighted by atomic mass is 10.0. The van der Waals surface area contributed by atoms with Gasteiger partial charge in [-0.15, -0.1) is 0 Å². The summed E-state index contributed by atoms with van der Waals surface area (Å²) in [6.45, 7) is 4.53. The summed E-state index contributed by atoms with van der Waals surface area (Å²) in [4.78, 5) is 18.8. The van der Waals surface area contributed by atoms with Crippen molar-refractivity contribution in [3.8, 4) is 0 Å². The SMILES string of the molecule is CC(C)C(CCO)NC(=O)NCc1cc(N(C)C)nc2ccccc12. The number of aromatic nitrogens is 1. The van der Waals surface area contributed by atoms with Gasteiger partial charge in [-0.2, -0.15) is 0 Å². The molecule has 1 atom stereocenters. The highest BCUT2D eigenvalue weighted by Crippen LogP contribution is 2.22. The molecule has 3 N–H and O–H groups in total. The number of para-hydroxylation sites is 1. The van der Waals surface area contributed by atoms with E-state index in [1.807, 2.05) is 63.2 Å². The Hall–Kier alpha value is -2.34. The molecule has 1 aromatic carbocycles. The Bertz CT molecular complexity index is 716. The quantitative estimate of drug-likeness (QED) is 0.721. The Kier molecular flexibility index (Phi) is 6.58. The Morgan fingerprint density at radius 2 is 2.00 bits per heavy atom. The van der Waals surface area contributed by atoms with E-state index < -0.39 is 0 Å². The van der Waals surface area contributed by atoms with Gasteiger partial charge in [0, 0.05) is 38.7 Å². The van der Waals surface area contributed by atoms with E-state index >= 15 is 0 Å². The molecule has 0 saturated carbocycles. The first-order valence-electron chi connectivity index (χ1n) is 8.63. The Morgan fingerprint density at radius 1 is 1.28 bits per heavy atom. The van der Waals surface area contributed by atoms with E-state index in [9.17, 15) is 4.79 Å². The number of fused-ring (bicyclic) bond motifs is 1.